The van der Waals surface area contributed by atoms with Gasteiger partial charge in [-0.05, 0) is 37.5 Å². The lowest BCUT2D eigenvalue weighted by molar-refractivity contribution is -0.228. The highest BCUT2D eigenvalue weighted by molar-refractivity contribution is 5.20. The van der Waals surface area contributed by atoms with Gasteiger partial charge >= 0.3 is 6.18 Å². The van der Waals surface area contributed by atoms with Gasteiger partial charge in [0.25, 0.3) is 0 Å². The van der Waals surface area contributed by atoms with Gasteiger partial charge in [0.15, 0.2) is 0 Å². The van der Waals surface area contributed by atoms with E-state index in [1.54, 1.807) is 0 Å². The summed E-state index contributed by atoms with van der Waals surface area (Å²) in [7, 11) is 0. The fourth-order valence-electron chi connectivity index (χ4n) is 4.02. The van der Waals surface area contributed by atoms with Crippen LogP contribution in [0.15, 0.2) is 12.2 Å². The highest BCUT2D eigenvalue weighted by atomic mass is 19.4. The van der Waals surface area contributed by atoms with Gasteiger partial charge in [-0.3, -0.25) is 0 Å². The summed E-state index contributed by atoms with van der Waals surface area (Å²) >= 11 is 0. The highest BCUT2D eigenvalue weighted by Crippen LogP contribution is 2.54. The van der Waals surface area contributed by atoms with E-state index in [1.165, 1.54) is 0 Å². The zero-order chi connectivity index (χ0) is 17.5. The molecule has 1 saturated carbocycles. The second-order valence-electron chi connectivity index (χ2n) is 7.38. The van der Waals surface area contributed by atoms with Crippen molar-refractivity contribution < 1.29 is 23.4 Å². The Morgan fingerprint density at radius 3 is 2.57 bits per heavy atom. The first-order chi connectivity index (χ1) is 10.5. The van der Waals surface area contributed by atoms with Gasteiger partial charge < -0.3 is 10.2 Å². The van der Waals surface area contributed by atoms with E-state index >= 15 is 0 Å². The Hall–Kier alpha value is -0.990. The van der Waals surface area contributed by atoms with Crippen LogP contribution in [0.1, 0.15) is 46.5 Å². The average Bonchev–Trinajstić information content (AvgIpc) is 2.76. The number of halogens is 3. The van der Waals surface area contributed by atoms with Crippen LogP contribution in [0.4, 0.5) is 13.2 Å². The maximum atomic E-state index is 12.6. The average molecular weight is 330 g/mol. The van der Waals surface area contributed by atoms with Gasteiger partial charge in [-0.2, -0.15) is 13.2 Å². The number of alkyl halides is 3. The molecule has 0 aromatic heterocycles. The van der Waals surface area contributed by atoms with Crippen LogP contribution in [0.25, 0.3) is 0 Å². The Bertz CT molecular complexity index is 527. The molecule has 0 aromatic rings. The zero-order valence-corrected chi connectivity index (χ0v) is 13.8. The molecular weight excluding hydrogens is 305 g/mol. The molecule has 0 aromatic carbocycles. The smallest absolute Gasteiger partial charge is 0.393 e. The largest absolute Gasteiger partial charge is 0.428 e. The summed E-state index contributed by atoms with van der Waals surface area (Å²) in [5.41, 5.74) is -3.24. The molecule has 0 bridgehead atoms. The highest BCUT2D eigenvalue weighted by Gasteiger charge is 2.51. The van der Waals surface area contributed by atoms with E-state index in [2.05, 4.69) is 25.0 Å². The molecule has 130 valence electrons. The molecular formula is C18H25F3O2. The minimum Gasteiger partial charge on any atom is -0.393 e. The second kappa shape index (κ2) is 6.14. The number of hydrogen-bond donors (Lipinski definition) is 2. The summed E-state index contributed by atoms with van der Waals surface area (Å²) in [6.07, 6.45) is 2.16. The summed E-state index contributed by atoms with van der Waals surface area (Å²) in [6.45, 7) is 4.69. The molecule has 0 amide bonds. The molecule has 5 heteroatoms. The molecule has 2 N–H and O–H groups in total. The first-order valence-corrected chi connectivity index (χ1v) is 8.15. The third kappa shape index (κ3) is 3.29. The predicted octanol–water partition coefficient (Wildman–Crippen LogP) is 3.68. The maximum Gasteiger partial charge on any atom is 0.428 e. The van der Waals surface area contributed by atoms with Crippen LogP contribution in [0.5, 0.6) is 0 Å². The third-order valence-electron chi connectivity index (χ3n) is 5.70. The van der Waals surface area contributed by atoms with E-state index in [9.17, 15) is 23.4 Å². The Kier molecular flexibility index (Phi) is 4.90. The van der Waals surface area contributed by atoms with Crippen molar-refractivity contribution in [3.8, 4) is 11.8 Å². The van der Waals surface area contributed by atoms with Crippen LogP contribution < -0.4 is 0 Å². The summed E-state index contributed by atoms with van der Waals surface area (Å²) < 4.78 is 37.8. The lowest BCUT2D eigenvalue weighted by Crippen LogP contribution is -2.46. The normalized spacial score (nSPS) is 37.5. The van der Waals surface area contributed by atoms with Crippen LogP contribution in [0.3, 0.4) is 0 Å². The van der Waals surface area contributed by atoms with Crippen LogP contribution in [0, 0.1) is 35.0 Å². The predicted molar refractivity (Wildman–Crippen MR) is 82.3 cm³/mol. The lowest BCUT2D eigenvalue weighted by atomic mass is 9.60. The fourth-order valence-corrected chi connectivity index (χ4v) is 4.02. The Morgan fingerprint density at radius 1 is 1.30 bits per heavy atom. The van der Waals surface area contributed by atoms with Gasteiger partial charge in [-0.25, -0.2) is 0 Å². The van der Waals surface area contributed by atoms with E-state index in [-0.39, 0.29) is 23.7 Å². The van der Waals surface area contributed by atoms with Crippen molar-refractivity contribution in [1.82, 2.24) is 0 Å². The first kappa shape index (κ1) is 18.4. The minimum atomic E-state index is -4.76. The SMILES string of the molecule is CC(CC#CC(C)(O)C(F)(F)F)C1C=CC2CCCC(O)C21C. The number of fused-ring (bicyclic) bond motifs is 1. The summed E-state index contributed by atoms with van der Waals surface area (Å²) in [5.74, 6) is 4.88. The van der Waals surface area contributed by atoms with Crippen molar-refractivity contribution in [2.24, 2.45) is 23.2 Å². The Labute approximate surface area is 135 Å². The number of aliphatic hydroxyl groups is 2. The minimum absolute atomic E-state index is 0.0190. The van der Waals surface area contributed by atoms with Crippen LogP contribution >= 0.6 is 0 Å². The summed E-state index contributed by atoms with van der Waals surface area (Å²) in [4.78, 5) is 0. The van der Waals surface area contributed by atoms with E-state index in [0.29, 0.717) is 12.8 Å². The van der Waals surface area contributed by atoms with Crippen molar-refractivity contribution in [1.29, 1.82) is 0 Å². The summed E-state index contributed by atoms with van der Waals surface area (Å²) in [6, 6.07) is 0. The molecule has 23 heavy (non-hydrogen) atoms. The molecule has 0 saturated heterocycles. The van der Waals surface area contributed by atoms with E-state index in [0.717, 1.165) is 19.3 Å². The first-order valence-electron chi connectivity index (χ1n) is 8.15. The topological polar surface area (TPSA) is 40.5 Å². The quantitative estimate of drug-likeness (QED) is 0.599. The fraction of sp³-hybridized carbons (Fsp3) is 0.778. The molecule has 0 aliphatic heterocycles. The molecule has 0 radical (unpaired) electrons. The number of rotatable bonds is 2. The molecule has 6 atom stereocenters. The molecule has 6 unspecified atom stereocenters. The van der Waals surface area contributed by atoms with Gasteiger partial charge in [0.2, 0.25) is 5.60 Å². The maximum absolute atomic E-state index is 12.6. The van der Waals surface area contributed by atoms with Crippen LogP contribution in [0.2, 0.25) is 0 Å². The standard InChI is InChI=1S/C18H25F3O2/c1-12(6-5-11-16(2,23)18(19,20)21)14-10-9-13-7-4-8-15(22)17(13,14)3/h9-10,12-15,22-23H,4,6-8H2,1-3H3. The van der Waals surface area contributed by atoms with Crippen LogP contribution in [-0.4, -0.2) is 28.1 Å². The van der Waals surface area contributed by atoms with Crippen molar-refractivity contribution in [2.45, 2.75) is 64.3 Å². The number of aliphatic hydroxyl groups excluding tert-OH is 1. The van der Waals surface area contributed by atoms with E-state index < -0.39 is 17.9 Å². The molecule has 0 heterocycles. The Balaban J connectivity index is 2.08. The van der Waals surface area contributed by atoms with Gasteiger partial charge in [0.1, 0.15) is 0 Å². The van der Waals surface area contributed by atoms with Crippen LogP contribution in [-0.2, 0) is 0 Å². The number of hydrogen-bond acceptors (Lipinski definition) is 2. The van der Waals surface area contributed by atoms with Crippen molar-refractivity contribution in [3.05, 3.63) is 12.2 Å². The van der Waals surface area contributed by atoms with Gasteiger partial charge in [0, 0.05) is 11.8 Å². The van der Waals surface area contributed by atoms with Gasteiger partial charge in [-0.15, -0.1) is 0 Å². The number of allylic oxidation sites excluding steroid dienone is 2. The monoisotopic (exact) mass is 330 g/mol. The molecule has 0 spiro atoms. The van der Waals surface area contributed by atoms with E-state index in [4.69, 9.17) is 0 Å². The second-order valence-corrected chi connectivity index (χ2v) is 7.38. The van der Waals surface area contributed by atoms with Crippen molar-refractivity contribution in [3.63, 3.8) is 0 Å². The van der Waals surface area contributed by atoms with Gasteiger partial charge in [-0.1, -0.05) is 44.3 Å². The molecule has 2 aliphatic rings. The lowest BCUT2D eigenvalue weighted by Gasteiger charge is -2.46. The van der Waals surface area contributed by atoms with E-state index in [1.807, 2.05) is 12.8 Å². The Morgan fingerprint density at radius 2 is 1.96 bits per heavy atom. The molecule has 2 nitrogen and oxygen atoms in total. The van der Waals surface area contributed by atoms with Gasteiger partial charge in [0.05, 0.1) is 6.10 Å². The molecule has 1 fully saturated rings. The molecule has 2 aliphatic carbocycles. The third-order valence-corrected chi connectivity index (χ3v) is 5.70. The molecule has 2 rings (SSSR count). The zero-order valence-electron chi connectivity index (χ0n) is 13.8. The van der Waals surface area contributed by atoms with Crippen molar-refractivity contribution >= 4 is 0 Å². The summed E-state index contributed by atoms with van der Waals surface area (Å²) in [5, 5.41) is 19.8. The van der Waals surface area contributed by atoms with Crippen molar-refractivity contribution in [2.75, 3.05) is 0 Å².